The van der Waals surface area contributed by atoms with Gasteiger partial charge in [0.1, 0.15) is 30.4 Å². The van der Waals surface area contributed by atoms with Crippen LogP contribution in [0.5, 0.6) is 0 Å². The summed E-state index contributed by atoms with van der Waals surface area (Å²) in [5.41, 5.74) is 12.8. The molecule has 23 nitrogen and oxygen atoms in total. The zero-order valence-electron chi connectivity index (χ0n) is 50.8. The minimum atomic E-state index is -0.316. The number of anilines is 2. The van der Waals surface area contributed by atoms with E-state index in [2.05, 4.69) is 55.0 Å². The molecule has 0 bridgehead atoms. The van der Waals surface area contributed by atoms with Gasteiger partial charge in [0.15, 0.2) is 17.5 Å². The average molecular weight is 1190 g/mol. The van der Waals surface area contributed by atoms with Crippen LogP contribution >= 0.6 is 0 Å². The van der Waals surface area contributed by atoms with Crippen molar-refractivity contribution in [3.05, 3.63) is 142 Å². The van der Waals surface area contributed by atoms with Gasteiger partial charge in [-0.25, -0.2) is 44.2 Å². The number of aromatic amines is 1. The van der Waals surface area contributed by atoms with Crippen LogP contribution in [0.25, 0.3) is 67.4 Å². The highest BCUT2D eigenvalue weighted by molar-refractivity contribution is 5.93. The summed E-state index contributed by atoms with van der Waals surface area (Å²) in [5, 5.41) is 29.5. The fraction of sp³-hybridized carbons (Fsp3) is 0.385. The molecule has 88 heavy (non-hydrogen) atoms. The Balaban J connectivity index is 0.000000173. The van der Waals surface area contributed by atoms with Gasteiger partial charge in [0, 0.05) is 67.0 Å². The van der Waals surface area contributed by atoms with Crippen molar-refractivity contribution in [3.63, 3.8) is 0 Å². The Kier molecular flexibility index (Phi) is 17.2. The second-order valence-corrected chi connectivity index (χ2v) is 23.1. The summed E-state index contributed by atoms with van der Waals surface area (Å²) >= 11 is 0. The first-order chi connectivity index (χ1) is 42.7. The first kappa shape index (κ1) is 58.7. The standard InChI is InChI=1S/C35H40N8O4.C30H32N8O3/c1-21-18-36-34(37-26-14-13-22(2)42(19-26)35(44)46-20-25-10-6-5-7-11-25)39-31(21)32-27-15-16-28(30-23(3)41-47-24(30)4)38-33(27)43(40-32)29-12-8-9-17-45-29;1-17-14-31-29(32-22-11-10-18(2)38(15-22)30(39)40-16-21-8-6-5-7-9-21)34-26(17)27-23-12-13-24(33-28(23)36-35-27)25-19(3)37-41-20(25)4/h5-7,10-11,15-16,18,22,26,29H,8-9,12-14,17,19-20H2,1-4H3,(H,36,37,39);5-9,12-14,18,22H,10-11,15-16H2,1-4H3,(H,31,32,34)(H,33,35,36)/t22-,26-,29?;18-,22-/m00/s1. The molecule has 11 heterocycles. The van der Waals surface area contributed by atoms with Crippen LogP contribution < -0.4 is 10.6 Å². The number of carbonyl (C=O) groups is 2. The molecule has 0 saturated carbocycles. The van der Waals surface area contributed by atoms with Crippen LogP contribution in [-0.2, 0) is 27.4 Å². The molecule has 8 aromatic heterocycles. The molecule has 3 aliphatic rings. The molecule has 5 atom stereocenters. The predicted molar refractivity (Wildman–Crippen MR) is 331 cm³/mol. The Bertz CT molecular complexity index is 4060. The SMILES string of the molecule is Cc1cnc(N[C@H]2CC[C@H](C)N(C(=O)OCc3ccccc3)C2)nc1-c1[nH]nc2nc(-c3c(C)noc3C)ccc12.Cc1cnc(N[C@H]2CC[C@H](C)N(C(=O)OCc3ccccc3)C2)nc1-c1nn(C2CCCCO2)c2nc(-c3c(C)noc3C)ccc12. The normalized spacial score (nSPS) is 18.7. The van der Waals surface area contributed by atoms with Crippen LogP contribution in [0.2, 0.25) is 0 Å². The number of aryl methyl sites for hydroxylation is 6. The molecule has 10 aromatic rings. The number of H-pyrrole nitrogens is 1. The average Bonchev–Trinajstić information content (AvgIpc) is 2.80. The Morgan fingerprint density at radius 1 is 0.602 bits per heavy atom. The molecule has 3 N–H and O–H groups in total. The molecule has 2 aromatic carbocycles. The number of carbonyl (C=O) groups excluding carboxylic acids is 2. The number of nitrogens with one attached hydrogen (secondary N) is 3. The molecule has 3 saturated heterocycles. The first-order valence-corrected chi connectivity index (χ1v) is 30.1. The number of amides is 2. The fourth-order valence-electron chi connectivity index (χ4n) is 11.8. The predicted octanol–water partition coefficient (Wildman–Crippen LogP) is 12.4. The van der Waals surface area contributed by atoms with Crippen molar-refractivity contribution in [2.75, 3.05) is 30.3 Å². The molecule has 23 heteroatoms. The van der Waals surface area contributed by atoms with Crippen molar-refractivity contribution < 1.29 is 32.8 Å². The molecule has 0 aliphatic carbocycles. The maximum absolute atomic E-state index is 13.1. The summed E-state index contributed by atoms with van der Waals surface area (Å²) in [6.07, 6.45) is 9.15. The number of hydrogen-bond donors (Lipinski definition) is 3. The number of aromatic nitrogens is 12. The van der Waals surface area contributed by atoms with Gasteiger partial charge in [0.2, 0.25) is 11.9 Å². The van der Waals surface area contributed by atoms with E-state index >= 15 is 0 Å². The summed E-state index contributed by atoms with van der Waals surface area (Å²) in [7, 11) is 0. The lowest BCUT2D eigenvalue weighted by molar-refractivity contribution is -0.0368. The van der Waals surface area contributed by atoms with Crippen LogP contribution in [-0.4, -0.2) is 126 Å². The smallest absolute Gasteiger partial charge is 0.410 e. The zero-order valence-corrected chi connectivity index (χ0v) is 50.8. The van der Waals surface area contributed by atoms with E-state index in [1.165, 1.54) is 0 Å². The van der Waals surface area contributed by atoms with Crippen LogP contribution in [0, 0.1) is 41.5 Å². The van der Waals surface area contributed by atoms with Gasteiger partial charge < -0.3 is 43.7 Å². The minimum absolute atomic E-state index is 0.0104. The van der Waals surface area contributed by atoms with Crippen molar-refractivity contribution in [3.8, 4) is 45.3 Å². The zero-order chi connectivity index (χ0) is 61.0. The molecular weight excluding hydrogens is 1120 g/mol. The van der Waals surface area contributed by atoms with Crippen molar-refractivity contribution in [2.45, 2.75) is 144 Å². The molecule has 3 fully saturated rings. The minimum Gasteiger partial charge on any atom is -0.445 e. The van der Waals surface area contributed by atoms with Gasteiger partial charge in [-0.3, -0.25) is 5.10 Å². The van der Waals surface area contributed by atoms with Crippen LogP contribution in [0.1, 0.15) is 110 Å². The third-order valence-electron chi connectivity index (χ3n) is 16.7. The molecule has 3 aliphatic heterocycles. The Morgan fingerprint density at radius 2 is 1.14 bits per heavy atom. The first-order valence-electron chi connectivity index (χ1n) is 30.1. The number of likely N-dealkylation sites (tertiary alicyclic amines) is 2. The Labute approximate surface area is 509 Å². The lowest BCUT2D eigenvalue weighted by Crippen LogP contribution is -2.50. The molecule has 2 amide bonds. The maximum Gasteiger partial charge on any atom is 0.410 e. The molecule has 0 radical (unpaired) electrons. The van der Waals surface area contributed by atoms with E-state index in [9.17, 15) is 9.59 Å². The molecule has 1 unspecified atom stereocenters. The Hall–Kier alpha value is -9.64. The van der Waals surface area contributed by atoms with Crippen LogP contribution in [0.15, 0.2) is 106 Å². The van der Waals surface area contributed by atoms with Gasteiger partial charge in [-0.2, -0.15) is 10.2 Å². The van der Waals surface area contributed by atoms with E-state index in [0.717, 1.165) is 146 Å². The van der Waals surface area contributed by atoms with E-state index in [-0.39, 0.29) is 55.8 Å². The third kappa shape index (κ3) is 12.6. The number of benzene rings is 2. The highest BCUT2D eigenvalue weighted by atomic mass is 16.6. The van der Waals surface area contributed by atoms with E-state index in [4.69, 9.17) is 48.3 Å². The van der Waals surface area contributed by atoms with Gasteiger partial charge >= 0.3 is 12.2 Å². The molecule has 0 spiro atoms. The number of rotatable bonds is 13. The van der Waals surface area contributed by atoms with Gasteiger partial charge in [-0.05, 0) is 147 Å². The number of fused-ring (bicyclic) bond motifs is 2. The van der Waals surface area contributed by atoms with E-state index in [1.807, 2.05) is 137 Å². The number of ether oxygens (including phenoxy) is 3. The van der Waals surface area contributed by atoms with Gasteiger partial charge in [-0.15, -0.1) is 0 Å². The molecule has 454 valence electrons. The monoisotopic (exact) mass is 1190 g/mol. The highest BCUT2D eigenvalue weighted by Gasteiger charge is 2.33. The van der Waals surface area contributed by atoms with E-state index in [1.54, 1.807) is 16.0 Å². The van der Waals surface area contributed by atoms with Crippen molar-refractivity contribution in [2.24, 2.45) is 0 Å². The third-order valence-corrected chi connectivity index (χ3v) is 16.7. The lowest BCUT2D eigenvalue weighted by atomic mass is 10.00. The number of pyridine rings is 2. The highest BCUT2D eigenvalue weighted by Crippen LogP contribution is 2.37. The molecule has 13 rings (SSSR count). The second-order valence-electron chi connectivity index (χ2n) is 23.1. The summed E-state index contributed by atoms with van der Waals surface area (Å²) in [5.74, 6) is 2.41. The Morgan fingerprint density at radius 3 is 1.67 bits per heavy atom. The topological polar surface area (TPSA) is 268 Å². The number of hydrogen-bond acceptors (Lipinski definition) is 19. The summed E-state index contributed by atoms with van der Waals surface area (Å²) in [6, 6.07) is 27.5. The van der Waals surface area contributed by atoms with Crippen molar-refractivity contribution in [1.29, 1.82) is 0 Å². The number of nitrogens with zero attached hydrogens (tertiary/aromatic N) is 13. The maximum atomic E-state index is 13.1. The van der Waals surface area contributed by atoms with Gasteiger partial charge in [-0.1, -0.05) is 71.0 Å². The van der Waals surface area contributed by atoms with Crippen LogP contribution in [0.3, 0.4) is 0 Å². The van der Waals surface area contributed by atoms with Gasteiger partial charge in [0.25, 0.3) is 0 Å². The summed E-state index contributed by atoms with van der Waals surface area (Å²) in [6.45, 7) is 17.8. The van der Waals surface area contributed by atoms with E-state index in [0.29, 0.717) is 43.0 Å². The van der Waals surface area contributed by atoms with Gasteiger partial charge in [0.05, 0.1) is 51.0 Å². The number of piperidine rings is 2. The lowest BCUT2D eigenvalue weighted by Gasteiger charge is -2.37. The molecular formula is C65H72N16O7. The largest absolute Gasteiger partial charge is 0.445 e. The van der Waals surface area contributed by atoms with Crippen molar-refractivity contribution in [1.82, 2.24) is 70.0 Å². The van der Waals surface area contributed by atoms with Crippen LogP contribution in [0.4, 0.5) is 21.5 Å². The fourth-order valence-corrected chi connectivity index (χ4v) is 11.8. The second kappa shape index (κ2) is 25.7. The quantitative estimate of drug-likeness (QED) is 0.0968. The van der Waals surface area contributed by atoms with E-state index < -0.39 is 0 Å². The van der Waals surface area contributed by atoms with Crippen molar-refractivity contribution >= 4 is 46.1 Å². The summed E-state index contributed by atoms with van der Waals surface area (Å²) in [4.78, 5) is 58.4. The summed E-state index contributed by atoms with van der Waals surface area (Å²) < 4.78 is 30.1.